The summed E-state index contributed by atoms with van der Waals surface area (Å²) < 4.78 is 2.23. The minimum atomic E-state index is 0.416. The number of benzene rings is 3. The van der Waals surface area contributed by atoms with Crippen molar-refractivity contribution in [1.82, 2.24) is 14.5 Å². The lowest BCUT2D eigenvalue weighted by Gasteiger charge is -2.35. The number of aryl methyl sites for hydroxylation is 1. The molecule has 1 saturated heterocycles. The molecular formula is C33H36N4S. The summed E-state index contributed by atoms with van der Waals surface area (Å²) in [7, 11) is 0. The minimum absolute atomic E-state index is 0.416. The summed E-state index contributed by atoms with van der Waals surface area (Å²) in [6, 6.07) is 32.0. The number of aromatic nitrogens is 2. The SMILES string of the molecule is N#Cc1ccc(Cn2ccnc2CCSCC2CCCN(CC(c3ccccc3)c3ccccc3)C2)cc1. The maximum Gasteiger partial charge on any atom is 0.109 e. The average molecular weight is 521 g/mol. The Kier molecular flexibility index (Phi) is 9.31. The standard InChI is InChI=1S/C33H36N4S/c34-22-27-13-15-28(16-14-27)24-37-20-18-35-33(37)17-21-38-26-29-8-7-19-36(23-29)25-32(30-9-3-1-4-10-30)31-11-5-2-6-12-31/h1-6,9-16,18,20,29,32H,7-8,17,19,21,23-26H2. The largest absolute Gasteiger partial charge is 0.330 e. The second-order valence-electron chi connectivity index (χ2n) is 10.2. The molecule has 1 atom stereocenters. The molecule has 1 aliphatic rings. The minimum Gasteiger partial charge on any atom is -0.330 e. The van der Waals surface area contributed by atoms with E-state index in [1.54, 1.807) is 0 Å². The van der Waals surface area contributed by atoms with Crippen molar-refractivity contribution in [3.63, 3.8) is 0 Å². The second kappa shape index (κ2) is 13.5. The molecule has 0 bridgehead atoms. The molecule has 1 aromatic heterocycles. The Bertz CT molecular complexity index is 1250. The van der Waals surface area contributed by atoms with Crippen molar-refractivity contribution >= 4 is 11.8 Å². The maximum atomic E-state index is 9.02. The van der Waals surface area contributed by atoms with Gasteiger partial charge < -0.3 is 9.47 Å². The first-order valence-electron chi connectivity index (χ1n) is 13.7. The van der Waals surface area contributed by atoms with E-state index in [1.165, 1.54) is 48.4 Å². The lowest BCUT2D eigenvalue weighted by molar-refractivity contribution is 0.181. The molecule has 0 aliphatic carbocycles. The van der Waals surface area contributed by atoms with E-state index in [0.717, 1.165) is 37.0 Å². The van der Waals surface area contributed by atoms with Gasteiger partial charge in [0.15, 0.2) is 0 Å². The number of nitriles is 1. The van der Waals surface area contributed by atoms with Gasteiger partial charge in [0.2, 0.25) is 0 Å². The molecule has 0 saturated carbocycles. The first kappa shape index (κ1) is 26.3. The van der Waals surface area contributed by atoms with Crippen molar-refractivity contribution in [2.24, 2.45) is 5.92 Å². The Labute approximate surface area is 231 Å². The molecule has 3 aromatic carbocycles. The highest BCUT2D eigenvalue weighted by atomic mass is 32.2. The predicted octanol–water partition coefficient (Wildman–Crippen LogP) is 6.62. The lowest BCUT2D eigenvalue weighted by atomic mass is 9.89. The summed E-state index contributed by atoms with van der Waals surface area (Å²) in [5.74, 6) is 4.62. The molecule has 4 nitrogen and oxygen atoms in total. The van der Waals surface area contributed by atoms with Crippen molar-refractivity contribution in [2.45, 2.75) is 31.7 Å². The molecule has 0 N–H and O–H groups in total. The summed E-state index contributed by atoms with van der Waals surface area (Å²) in [5, 5.41) is 9.02. The smallest absolute Gasteiger partial charge is 0.109 e. The maximum absolute atomic E-state index is 9.02. The van der Waals surface area contributed by atoms with Crippen LogP contribution in [0.25, 0.3) is 0 Å². The molecule has 0 spiro atoms. The van der Waals surface area contributed by atoms with Crippen LogP contribution < -0.4 is 0 Å². The predicted molar refractivity (Wildman–Crippen MR) is 157 cm³/mol. The Morgan fingerprint density at radius 1 is 0.947 bits per heavy atom. The normalized spacial score (nSPS) is 15.9. The van der Waals surface area contributed by atoms with Crippen molar-refractivity contribution in [3.05, 3.63) is 125 Å². The third-order valence-electron chi connectivity index (χ3n) is 7.51. The van der Waals surface area contributed by atoms with Crippen LogP contribution in [-0.2, 0) is 13.0 Å². The molecule has 4 aromatic rings. The van der Waals surface area contributed by atoms with Gasteiger partial charge in [-0.1, -0.05) is 72.8 Å². The van der Waals surface area contributed by atoms with Gasteiger partial charge in [-0.25, -0.2) is 4.98 Å². The highest BCUT2D eigenvalue weighted by molar-refractivity contribution is 7.99. The Morgan fingerprint density at radius 3 is 2.34 bits per heavy atom. The van der Waals surface area contributed by atoms with E-state index in [4.69, 9.17) is 5.26 Å². The molecule has 1 fully saturated rings. The zero-order valence-electron chi connectivity index (χ0n) is 22.0. The van der Waals surface area contributed by atoms with Crippen molar-refractivity contribution in [2.75, 3.05) is 31.1 Å². The molecule has 38 heavy (non-hydrogen) atoms. The fourth-order valence-electron chi connectivity index (χ4n) is 5.49. The summed E-state index contributed by atoms with van der Waals surface area (Å²) in [6.45, 7) is 4.27. The second-order valence-corrected chi connectivity index (χ2v) is 11.4. The van der Waals surface area contributed by atoms with Crippen LogP contribution in [-0.4, -0.2) is 45.6 Å². The van der Waals surface area contributed by atoms with E-state index >= 15 is 0 Å². The number of thioether (sulfide) groups is 1. The van der Waals surface area contributed by atoms with Gasteiger partial charge in [0.1, 0.15) is 5.82 Å². The number of nitrogens with zero attached hydrogens (tertiary/aromatic N) is 4. The third kappa shape index (κ3) is 7.16. The summed E-state index contributed by atoms with van der Waals surface area (Å²) >= 11 is 2.08. The van der Waals surface area contributed by atoms with E-state index in [-0.39, 0.29) is 0 Å². The third-order valence-corrected chi connectivity index (χ3v) is 8.71. The number of piperidine rings is 1. The van der Waals surface area contributed by atoms with Crippen LogP contribution in [0.4, 0.5) is 0 Å². The van der Waals surface area contributed by atoms with Gasteiger partial charge >= 0.3 is 0 Å². The van der Waals surface area contributed by atoms with Crippen molar-refractivity contribution in [3.8, 4) is 6.07 Å². The fraction of sp³-hybridized carbons (Fsp3) is 0.333. The molecule has 0 radical (unpaired) electrons. The first-order chi connectivity index (χ1) is 18.8. The first-order valence-corrected chi connectivity index (χ1v) is 14.8. The van der Waals surface area contributed by atoms with E-state index in [2.05, 4.69) is 99.1 Å². The molecule has 2 heterocycles. The van der Waals surface area contributed by atoms with E-state index < -0.39 is 0 Å². The number of imidazole rings is 1. The van der Waals surface area contributed by atoms with Crippen LogP contribution in [0.15, 0.2) is 97.3 Å². The highest BCUT2D eigenvalue weighted by Gasteiger charge is 2.24. The fourth-order valence-corrected chi connectivity index (χ4v) is 6.59. The zero-order valence-corrected chi connectivity index (χ0v) is 22.8. The van der Waals surface area contributed by atoms with Crippen LogP contribution in [0.2, 0.25) is 0 Å². The van der Waals surface area contributed by atoms with Gasteiger partial charge in [-0.2, -0.15) is 17.0 Å². The molecule has 1 aliphatic heterocycles. The lowest BCUT2D eigenvalue weighted by Crippen LogP contribution is -2.39. The molecule has 194 valence electrons. The molecule has 5 rings (SSSR count). The monoisotopic (exact) mass is 520 g/mol. The summed E-state index contributed by atoms with van der Waals surface area (Å²) in [6.07, 6.45) is 7.56. The quantitative estimate of drug-likeness (QED) is 0.208. The van der Waals surface area contributed by atoms with E-state index in [0.29, 0.717) is 11.5 Å². The van der Waals surface area contributed by atoms with Gasteiger partial charge in [-0.15, -0.1) is 0 Å². The topological polar surface area (TPSA) is 44.9 Å². The van der Waals surface area contributed by atoms with Crippen molar-refractivity contribution < 1.29 is 0 Å². The number of likely N-dealkylation sites (tertiary alicyclic amines) is 1. The molecule has 1 unspecified atom stereocenters. The van der Waals surface area contributed by atoms with Gasteiger partial charge in [0.25, 0.3) is 0 Å². The molecule has 5 heteroatoms. The molecule has 0 amide bonds. The zero-order chi connectivity index (χ0) is 26.0. The van der Waals surface area contributed by atoms with Crippen LogP contribution in [0, 0.1) is 17.2 Å². The highest BCUT2D eigenvalue weighted by Crippen LogP contribution is 2.29. The van der Waals surface area contributed by atoms with Crippen LogP contribution >= 0.6 is 11.8 Å². The van der Waals surface area contributed by atoms with E-state index in [9.17, 15) is 0 Å². The number of rotatable bonds is 11. The van der Waals surface area contributed by atoms with Gasteiger partial charge in [0.05, 0.1) is 11.6 Å². The van der Waals surface area contributed by atoms with Crippen molar-refractivity contribution in [1.29, 1.82) is 5.26 Å². The van der Waals surface area contributed by atoms with Gasteiger partial charge in [0, 0.05) is 50.1 Å². The van der Waals surface area contributed by atoms with Gasteiger partial charge in [-0.05, 0) is 59.9 Å². The summed E-state index contributed by atoms with van der Waals surface area (Å²) in [5.41, 5.74) is 4.72. The van der Waals surface area contributed by atoms with Crippen LogP contribution in [0.5, 0.6) is 0 Å². The molecular weight excluding hydrogens is 484 g/mol. The number of hydrogen-bond acceptors (Lipinski definition) is 4. The van der Waals surface area contributed by atoms with Crippen LogP contribution in [0.1, 0.15) is 46.8 Å². The number of hydrogen-bond donors (Lipinski definition) is 0. The van der Waals surface area contributed by atoms with Gasteiger partial charge in [-0.3, -0.25) is 0 Å². The van der Waals surface area contributed by atoms with Crippen LogP contribution in [0.3, 0.4) is 0 Å². The Morgan fingerprint density at radius 2 is 1.66 bits per heavy atom. The average Bonchev–Trinajstić information content (AvgIpc) is 3.42. The Hall–Kier alpha value is -3.33. The van der Waals surface area contributed by atoms with E-state index in [1.807, 2.05) is 30.5 Å². The summed E-state index contributed by atoms with van der Waals surface area (Å²) in [4.78, 5) is 7.32. The Balaban J connectivity index is 1.11.